The second-order valence-corrected chi connectivity index (χ2v) is 4.42. The average molecular weight is 299 g/mol. The van der Waals surface area contributed by atoms with Crippen LogP contribution in [-0.4, -0.2) is 4.92 Å². The molecule has 0 heterocycles. The molecular formula is C13H9ClF2N2O2. The third kappa shape index (κ3) is 3.21. The Hall–Kier alpha value is -2.21. The van der Waals surface area contributed by atoms with Gasteiger partial charge in [0.2, 0.25) is 0 Å². The predicted molar refractivity (Wildman–Crippen MR) is 71.8 cm³/mol. The number of rotatable bonds is 4. The SMILES string of the molecule is O=[N+]([O-])c1ccc(CNc2cc(F)ccc2F)c(Cl)c1. The molecule has 20 heavy (non-hydrogen) atoms. The Labute approximate surface area is 118 Å². The first-order valence-corrected chi connectivity index (χ1v) is 5.97. The van der Waals surface area contributed by atoms with E-state index in [0.29, 0.717) is 5.56 Å². The smallest absolute Gasteiger partial charge is 0.270 e. The van der Waals surface area contributed by atoms with E-state index in [2.05, 4.69) is 5.32 Å². The molecule has 2 aromatic rings. The van der Waals surface area contributed by atoms with E-state index < -0.39 is 16.6 Å². The van der Waals surface area contributed by atoms with E-state index in [-0.39, 0.29) is 22.9 Å². The first kappa shape index (κ1) is 14.2. The summed E-state index contributed by atoms with van der Waals surface area (Å²) in [4.78, 5) is 10.0. The van der Waals surface area contributed by atoms with Crippen molar-refractivity contribution in [2.24, 2.45) is 0 Å². The van der Waals surface area contributed by atoms with Crippen molar-refractivity contribution in [1.29, 1.82) is 0 Å². The summed E-state index contributed by atoms with van der Waals surface area (Å²) in [5, 5.41) is 13.4. The lowest BCUT2D eigenvalue weighted by molar-refractivity contribution is -0.384. The van der Waals surface area contributed by atoms with Gasteiger partial charge in [0.05, 0.1) is 15.6 Å². The van der Waals surface area contributed by atoms with Gasteiger partial charge in [-0.2, -0.15) is 0 Å². The molecular weight excluding hydrogens is 290 g/mol. The second-order valence-electron chi connectivity index (χ2n) is 4.01. The molecule has 0 fully saturated rings. The molecule has 0 unspecified atom stereocenters. The topological polar surface area (TPSA) is 55.2 Å². The van der Waals surface area contributed by atoms with Crippen LogP contribution in [0.1, 0.15) is 5.56 Å². The molecule has 0 aliphatic rings. The van der Waals surface area contributed by atoms with E-state index in [0.717, 1.165) is 18.2 Å². The molecule has 0 saturated carbocycles. The van der Waals surface area contributed by atoms with Crippen molar-refractivity contribution < 1.29 is 13.7 Å². The lowest BCUT2D eigenvalue weighted by Crippen LogP contribution is -2.03. The molecule has 0 atom stereocenters. The van der Waals surface area contributed by atoms with Crippen LogP contribution in [-0.2, 0) is 6.54 Å². The van der Waals surface area contributed by atoms with Crippen LogP contribution >= 0.6 is 11.6 Å². The molecule has 2 aromatic carbocycles. The van der Waals surface area contributed by atoms with Gasteiger partial charge < -0.3 is 5.32 Å². The van der Waals surface area contributed by atoms with Crippen molar-refractivity contribution in [3.63, 3.8) is 0 Å². The Bertz CT molecular complexity index is 665. The van der Waals surface area contributed by atoms with E-state index >= 15 is 0 Å². The van der Waals surface area contributed by atoms with Crippen molar-refractivity contribution in [2.45, 2.75) is 6.54 Å². The van der Waals surface area contributed by atoms with Crippen LogP contribution in [0.3, 0.4) is 0 Å². The van der Waals surface area contributed by atoms with Gasteiger partial charge in [0.15, 0.2) is 0 Å². The predicted octanol–water partition coefficient (Wildman–Crippen LogP) is 4.14. The summed E-state index contributed by atoms with van der Waals surface area (Å²) >= 11 is 5.90. The summed E-state index contributed by atoms with van der Waals surface area (Å²) in [6.45, 7) is 0.122. The Balaban J connectivity index is 2.15. The maximum atomic E-state index is 13.4. The number of nitro benzene ring substituents is 1. The Kier molecular flexibility index (Phi) is 4.14. The van der Waals surface area contributed by atoms with Gasteiger partial charge in [-0.1, -0.05) is 11.6 Å². The normalized spacial score (nSPS) is 10.3. The minimum absolute atomic E-state index is 0.000538. The summed E-state index contributed by atoms with van der Waals surface area (Å²) in [6, 6.07) is 7.01. The summed E-state index contributed by atoms with van der Waals surface area (Å²) in [7, 11) is 0. The largest absolute Gasteiger partial charge is 0.378 e. The highest BCUT2D eigenvalue weighted by Gasteiger charge is 2.10. The summed E-state index contributed by atoms with van der Waals surface area (Å²) in [5.41, 5.74) is 0.413. The van der Waals surface area contributed by atoms with Crippen molar-refractivity contribution in [2.75, 3.05) is 5.32 Å². The maximum absolute atomic E-state index is 13.4. The van der Waals surface area contributed by atoms with Gasteiger partial charge in [0.25, 0.3) is 5.69 Å². The van der Waals surface area contributed by atoms with E-state index in [1.54, 1.807) is 0 Å². The number of hydrogen-bond acceptors (Lipinski definition) is 3. The number of nitro groups is 1. The Morgan fingerprint density at radius 2 is 1.95 bits per heavy atom. The van der Waals surface area contributed by atoms with Crippen LogP contribution in [0.2, 0.25) is 5.02 Å². The Morgan fingerprint density at radius 1 is 1.20 bits per heavy atom. The fraction of sp³-hybridized carbons (Fsp3) is 0.0769. The van der Waals surface area contributed by atoms with Crippen LogP contribution in [0.15, 0.2) is 36.4 Å². The van der Waals surface area contributed by atoms with Crippen LogP contribution < -0.4 is 5.32 Å². The molecule has 0 spiro atoms. The molecule has 104 valence electrons. The van der Waals surface area contributed by atoms with Gasteiger partial charge in [-0.25, -0.2) is 8.78 Å². The first-order chi connectivity index (χ1) is 9.47. The molecule has 0 aliphatic carbocycles. The zero-order valence-electron chi connectivity index (χ0n) is 10.1. The van der Waals surface area contributed by atoms with Gasteiger partial charge in [0.1, 0.15) is 11.6 Å². The molecule has 0 saturated heterocycles. The van der Waals surface area contributed by atoms with Crippen molar-refractivity contribution >= 4 is 23.0 Å². The van der Waals surface area contributed by atoms with Gasteiger partial charge in [-0.15, -0.1) is 0 Å². The molecule has 0 aliphatic heterocycles. The third-order valence-electron chi connectivity index (χ3n) is 2.65. The van der Waals surface area contributed by atoms with Crippen molar-refractivity contribution in [3.8, 4) is 0 Å². The zero-order valence-corrected chi connectivity index (χ0v) is 10.8. The quantitative estimate of drug-likeness (QED) is 0.682. The number of anilines is 1. The van der Waals surface area contributed by atoms with E-state index in [1.807, 2.05) is 0 Å². The third-order valence-corrected chi connectivity index (χ3v) is 3.00. The standard InChI is InChI=1S/C13H9ClF2N2O2/c14-11-6-10(18(19)20)3-1-8(11)7-17-13-5-9(15)2-4-12(13)16/h1-6,17H,7H2. The fourth-order valence-corrected chi connectivity index (χ4v) is 1.86. The highest BCUT2D eigenvalue weighted by atomic mass is 35.5. The molecule has 0 amide bonds. The van der Waals surface area contributed by atoms with Crippen molar-refractivity contribution in [3.05, 3.63) is 68.7 Å². The number of nitrogens with one attached hydrogen (secondary N) is 1. The number of halogens is 3. The van der Waals surface area contributed by atoms with E-state index in [9.17, 15) is 18.9 Å². The van der Waals surface area contributed by atoms with Gasteiger partial charge >= 0.3 is 0 Å². The number of benzene rings is 2. The highest BCUT2D eigenvalue weighted by Crippen LogP contribution is 2.24. The molecule has 0 radical (unpaired) electrons. The summed E-state index contributed by atoms with van der Waals surface area (Å²) in [6.07, 6.45) is 0. The molecule has 4 nitrogen and oxygen atoms in total. The Morgan fingerprint density at radius 3 is 2.60 bits per heavy atom. The van der Waals surface area contributed by atoms with Gasteiger partial charge in [-0.3, -0.25) is 10.1 Å². The average Bonchev–Trinajstić information content (AvgIpc) is 2.40. The lowest BCUT2D eigenvalue weighted by Gasteiger charge is -2.09. The fourth-order valence-electron chi connectivity index (χ4n) is 1.62. The summed E-state index contributed by atoms with van der Waals surface area (Å²) < 4.78 is 26.4. The number of nitrogens with zero attached hydrogens (tertiary/aromatic N) is 1. The number of hydrogen-bond donors (Lipinski definition) is 1. The highest BCUT2D eigenvalue weighted by molar-refractivity contribution is 6.31. The van der Waals surface area contributed by atoms with Gasteiger partial charge in [0, 0.05) is 18.7 Å². The van der Waals surface area contributed by atoms with E-state index in [1.165, 1.54) is 18.2 Å². The van der Waals surface area contributed by atoms with Gasteiger partial charge in [-0.05, 0) is 29.8 Å². The zero-order chi connectivity index (χ0) is 14.7. The van der Waals surface area contributed by atoms with E-state index in [4.69, 9.17) is 11.6 Å². The van der Waals surface area contributed by atoms with Crippen LogP contribution in [0.5, 0.6) is 0 Å². The second kappa shape index (κ2) is 5.83. The van der Waals surface area contributed by atoms with Crippen molar-refractivity contribution in [1.82, 2.24) is 0 Å². The first-order valence-electron chi connectivity index (χ1n) is 5.59. The number of non-ortho nitro benzene ring substituents is 1. The summed E-state index contributed by atoms with van der Waals surface area (Å²) in [5.74, 6) is -1.16. The lowest BCUT2D eigenvalue weighted by atomic mass is 10.2. The molecule has 0 bridgehead atoms. The molecule has 0 aromatic heterocycles. The van der Waals surface area contributed by atoms with Crippen LogP contribution in [0.4, 0.5) is 20.2 Å². The minimum atomic E-state index is -0.593. The molecule has 2 rings (SSSR count). The van der Waals surface area contributed by atoms with Crippen LogP contribution in [0.25, 0.3) is 0 Å². The monoisotopic (exact) mass is 298 g/mol. The van der Waals surface area contributed by atoms with Crippen LogP contribution in [0, 0.1) is 21.7 Å². The minimum Gasteiger partial charge on any atom is -0.378 e. The molecule has 7 heteroatoms. The maximum Gasteiger partial charge on any atom is 0.270 e. The molecule has 1 N–H and O–H groups in total.